The summed E-state index contributed by atoms with van der Waals surface area (Å²) >= 11 is 0. The van der Waals surface area contributed by atoms with Gasteiger partial charge in [-0.05, 0) is 36.6 Å². The van der Waals surface area contributed by atoms with E-state index in [-0.39, 0.29) is 24.2 Å². The SMILES string of the molecule is FC(F)(F)c1ccc2c(c1)[C@H]1O[C@@H](CN3CCOCC3)CC[C@H]1[C@H](c1ccccc1)N2. The van der Waals surface area contributed by atoms with Crippen molar-refractivity contribution in [2.75, 3.05) is 38.2 Å². The molecule has 2 saturated heterocycles. The summed E-state index contributed by atoms with van der Waals surface area (Å²) in [5, 5.41) is 3.51. The summed E-state index contributed by atoms with van der Waals surface area (Å²) in [4.78, 5) is 2.33. The van der Waals surface area contributed by atoms with Crippen molar-refractivity contribution in [2.45, 2.75) is 37.3 Å². The summed E-state index contributed by atoms with van der Waals surface area (Å²) < 4.78 is 52.3. The molecule has 7 heteroatoms. The lowest BCUT2D eigenvalue weighted by Gasteiger charge is -2.46. The van der Waals surface area contributed by atoms with Crippen molar-refractivity contribution in [3.05, 3.63) is 65.2 Å². The zero-order valence-corrected chi connectivity index (χ0v) is 17.3. The molecule has 1 N–H and O–H groups in total. The summed E-state index contributed by atoms with van der Waals surface area (Å²) in [6.45, 7) is 3.98. The Morgan fingerprint density at radius 3 is 2.52 bits per heavy atom. The molecule has 0 amide bonds. The van der Waals surface area contributed by atoms with Crippen molar-refractivity contribution in [3.8, 4) is 0 Å². The first kappa shape index (κ1) is 20.8. The summed E-state index contributed by atoms with van der Waals surface area (Å²) in [5.74, 6) is 0.0827. The maximum atomic E-state index is 13.4. The number of halogens is 3. The second kappa shape index (κ2) is 8.45. The average Bonchev–Trinajstić information content (AvgIpc) is 2.79. The third kappa shape index (κ3) is 4.31. The van der Waals surface area contributed by atoms with E-state index in [9.17, 15) is 13.2 Å². The Balaban J connectivity index is 1.46. The van der Waals surface area contributed by atoms with Gasteiger partial charge in [0.25, 0.3) is 0 Å². The minimum absolute atomic E-state index is 0.0104. The molecule has 3 heterocycles. The smallest absolute Gasteiger partial charge is 0.379 e. The number of ether oxygens (including phenoxy) is 2. The van der Waals surface area contributed by atoms with Gasteiger partial charge in [-0.3, -0.25) is 4.90 Å². The number of morpholine rings is 1. The number of hydrogen-bond donors (Lipinski definition) is 1. The maximum absolute atomic E-state index is 13.4. The standard InChI is InChI=1S/C24H27F3N2O2/c25-24(26,27)17-6-9-21-20(14-17)23-19(22(28-21)16-4-2-1-3-5-16)8-7-18(31-23)15-29-10-12-30-13-11-29/h1-6,9,14,18-19,22-23,28H,7-8,10-13,15H2/t18-,19+,22+,23+/m1/s1. The van der Waals surface area contributed by atoms with Gasteiger partial charge in [0, 0.05) is 36.8 Å². The summed E-state index contributed by atoms with van der Waals surface area (Å²) in [6, 6.07) is 14.1. The highest BCUT2D eigenvalue weighted by molar-refractivity contribution is 5.58. The number of rotatable bonds is 3. The van der Waals surface area contributed by atoms with E-state index in [2.05, 4.69) is 22.3 Å². The zero-order chi connectivity index (χ0) is 21.4. The van der Waals surface area contributed by atoms with Gasteiger partial charge in [0.05, 0.1) is 37.0 Å². The molecule has 0 spiro atoms. The molecule has 0 bridgehead atoms. The first-order valence-electron chi connectivity index (χ1n) is 11.0. The second-order valence-electron chi connectivity index (χ2n) is 8.67. The number of hydrogen-bond acceptors (Lipinski definition) is 4. The van der Waals surface area contributed by atoms with Crippen molar-refractivity contribution < 1.29 is 22.6 Å². The summed E-state index contributed by atoms with van der Waals surface area (Å²) in [7, 11) is 0. The van der Waals surface area contributed by atoms with E-state index in [1.807, 2.05) is 18.2 Å². The van der Waals surface area contributed by atoms with Crippen LogP contribution < -0.4 is 5.32 Å². The lowest BCUT2D eigenvalue weighted by Crippen LogP contribution is -2.45. The molecule has 2 aromatic rings. The molecule has 0 saturated carbocycles. The fourth-order valence-corrected chi connectivity index (χ4v) is 5.13. The molecule has 3 aliphatic rings. The van der Waals surface area contributed by atoms with Crippen molar-refractivity contribution in [3.63, 3.8) is 0 Å². The highest BCUT2D eigenvalue weighted by atomic mass is 19.4. The lowest BCUT2D eigenvalue weighted by atomic mass is 9.76. The van der Waals surface area contributed by atoms with Gasteiger partial charge in [-0.1, -0.05) is 30.3 Å². The minimum Gasteiger partial charge on any atom is -0.379 e. The monoisotopic (exact) mass is 432 g/mol. The predicted molar refractivity (Wildman–Crippen MR) is 112 cm³/mol. The molecule has 2 aromatic carbocycles. The molecule has 0 aromatic heterocycles. The van der Waals surface area contributed by atoms with Crippen LogP contribution in [0.25, 0.3) is 0 Å². The molecule has 5 rings (SSSR count). The van der Waals surface area contributed by atoms with Crippen LogP contribution in [0.4, 0.5) is 18.9 Å². The van der Waals surface area contributed by atoms with Gasteiger partial charge in [-0.25, -0.2) is 0 Å². The van der Waals surface area contributed by atoms with E-state index >= 15 is 0 Å². The van der Waals surface area contributed by atoms with Crippen LogP contribution in [-0.2, 0) is 15.7 Å². The first-order chi connectivity index (χ1) is 15.0. The quantitative estimate of drug-likeness (QED) is 0.737. The van der Waals surface area contributed by atoms with Gasteiger partial charge in [0.2, 0.25) is 0 Å². The summed E-state index contributed by atoms with van der Waals surface area (Å²) in [6.07, 6.45) is -2.91. The van der Waals surface area contributed by atoms with Crippen molar-refractivity contribution >= 4 is 5.69 Å². The van der Waals surface area contributed by atoms with Crippen molar-refractivity contribution in [1.29, 1.82) is 0 Å². The van der Waals surface area contributed by atoms with Crippen LogP contribution in [0.5, 0.6) is 0 Å². The van der Waals surface area contributed by atoms with Gasteiger partial charge >= 0.3 is 6.18 Å². The molecule has 4 atom stereocenters. The van der Waals surface area contributed by atoms with Crippen LogP contribution in [0.1, 0.15) is 41.7 Å². The number of benzene rings is 2. The molecule has 4 nitrogen and oxygen atoms in total. The third-order valence-corrected chi connectivity index (χ3v) is 6.70. The lowest BCUT2D eigenvalue weighted by molar-refractivity contribution is -0.138. The van der Waals surface area contributed by atoms with E-state index < -0.39 is 11.7 Å². The molecule has 2 fully saturated rings. The van der Waals surface area contributed by atoms with Crippen molar-refractivity contribution in [1.82, 2.24) is 4.90 Å². The molecular weight excluding hydrogens is 405 g/mol. The third-order valence-electron chi connectivity index (χ3n) is 6.70. The Bertz CT molecular complexity index is 899. The largest absolute Gasteiger partial charge is 0.416 e. The van der Waals surface area contributed by atoms with Crippen molar-refractivity contribution in [2.24, 2.45) is 5.92 Å². The molecule has 166 valence electrons. The number of nitrogens with one attached hydrogen (secondary N) is 1. The predicted octanol–water partition coefficient (Wildman–Crippen LogP) is 5.04. The average molecular weight is 432 g/mol. The zero-order valence-electron chi connectivity index (χ0n) is 17.3. The van der Waals surface area contributed by atoms with Gasteiger partial charge in [-0.15, -0.1) is 0 Å². The van der Waals surface area contributed by atoms with Crippen LogP contribution in [0.3, 0.4) is 0 Å². The Morgan fingerprint density at radius 2 is 1.77 bits per heavy atom. The second-order valence-corrected chi connectivity index (χ2v) is 8.67. The highest BCUT2D eigenvalue weighted by Crippen LogP contribution is 2.51. The fourth-order valence-electron chi connectivity index (χ4n) is 5.13. The number of fused-ring (bicyclic) bond motifs is 3. The van der Waals surface area contributed by atoms with E-state index in [4.69, 9.17) is 9.47 Å². The number of anilines is 1. The van der Waals surface area contributed by atoms with Crippen LogP contribution in [0.15, 0.2) is 48.5 Å². The summed E-state index contributed by atoms with van der Waals surface area (Å²) in [5.41, 5.74) is 1.87. The van der Waals surface area contributed by atoms with Gasteiger partial charge in [0.1, 0.15) is 0 Å². The minimum atomic E-state index is -4.37. The molecule has 31 heavy (non-hydrogen) atoms. The molecule has 0 unspecified atom stereocenters. The Hall–Kier alpha value is -2.09. The fraction of sp³-hybridized carbons (Fsp3) is 0.500. The van der Waals surface area contributed by atoms with Crippen LogP contribution >= 0.6 is 0 Å². The van der Waals surface area contributed by atoms with E-state index in [0.717, 1.165) is 63.0 Å². The maximum Gasteiger partial charge on any atom is 0.416 e. The van der Waals surface area contributed by atoms with E-state index in [1.165, 1.54) is 6.07 Å². The van der Waals surface area contributed by atoms with Gasteiger partial charge < -0.3 is 14.8 Å². The topological polar surface area (TPSA) is 33.7 Å². The van der Waals surface area contributed by atoms with Crippen LogP contribution in [-0.4, -0.2) is 43.9 Å². The molecular formula is C24H27F3N2O2. The molecule has 0 aliphatic carbocycles. The van der Waals surface area contributed by atoms with E-state index in [1.54, 1.807) is 6.07 Å². The van der Waals surface area contributed by atoms with Crippen LogP contribution in [0, 0.1) is 5.92 Å². The Labute approximate surface area is 180 Å². The van der Waals surface area contributed by atoms with Crippen LogP contribution in [0.2, 0.25) is 0 Å². The number of nitrogens with zero attached hydrogens (tertiary/aromatic N) is 1. The number of alkyl halides is 3. The Morgan fingerprint density at radius 1 is 1.00 bits per heavy atom. The molecule has 0 radical (unpaired) electrons. The van der Waals surface area contributed by atoms with Gasteiger partial charge in [0.15, 0.2) is 0 Å². The normalized spacial score (nSPS) is 29.0. The van der Waals surface area contributed by atoms with Gasteiger partial charge in [-0.2, -0.15) is 13.2 Å². The highest BCUT2D eigenvalue weighted by Gasteiger charge is 2.43. The molecule has 3 aliphatic heterocycles. The van der Waals surface area contributed by atoms with E-state index in [0.29, 0.717) is 5.56 Å². The Kier molecular flexibility index (Phi) is 5.67. The first-order valence-corrected chi connectivity index (χ1v) is 11.0.